The third-order valence-electron chi connectivity index (χ3n) is 3.36. The van der Waals surface area contributed by atoms with Crippen LogP contribution in [-0.4, -0.2) is 41.7 Å². The van der Waals surface area contributed by atoms with E-state index >= 15 is 0 Å². The average Bonchev–Trinajstić information content (AvgIpc) is 2.68. The van der Waals surface area contributed by atoms with Crippen LogP contribution >= 0.6 is 11.8 Å². The summed E-state index contributed by atoms with van der Waals surface area (Å²) >= 11 is 1.52. The molecule has 0 aliphatic heterocycles. The largest absolute Gasteiger partial charge is 0.466 e. The highest BCUT2D eigenvalue weighted by Gasteiger charge is 2.35. The topological polar surface area (TPSA) is 86.5 Å². The zero-order valence-electron chi connectivity index (χ0n) is 11.4. The second kappa shape index (κ2) is 7.65. The summed E-state index contributed by atoms with van der Waals surface area (Å²) < 4.78 is 4.99. The van der Waals surface area contributed by atoms with Crippen molar-refractivity contribution < 1.29 is 19.1 Å². The highest BCUT2D eigenvalue weighted by Crippen LogP contribution is 2.31. The van der Waals surface area contributed by atoms with E-state index in [0.717, 1.165) is 6.42 Å². The van der Waals surface area contributed by atoms with Gasteiger partial charge in [0, 0.05) is 36.7 Å². The second-order valence-corrected chi connectivity index (χ2v) is 6.00. The Morgan fingerprint density at radius 1 is 1.47 bits per heavy atom. The monoisotopic (exact) mass is 287 g/mol. The van der Waals surface area contributed by atoms with Crippen molar-refractivity contribution in [2.75, 3.05) is 18.1 Å². The molecule has 6 heteroatoms. The summed E-state index contributed by atoms with van der Waals surface area (Å²) in [7, 11) is 0. The molecule has 3 unspecified atom stereocenters. The normalized spacial score (nSPS) is 24.3. The average molecular weight is 287 g/mol. The number of rotatable bonds is 7. The van der Waals surface area contributed by atoms with Gasteiger partial charge in [-0.1, -0.05) is 0 Å². The summed E-state index contributed by atoms with van der Waals surface area (Å²) in [4.78, 5) is 33.6. The van der Waals surface area contributed by atoms with Crippen molar-refractivity contribution in [1.82, 2.24) is 0 Å². The van der Waals surface area contributed by atoms with Gasteiger partial charge in [0.15, 0.2) is 0 Å². The van der Waals surface area contributed by atoms with E-state index in [1.807, 2.05) is 0 Å². The number of thioether (sulfide) groups is 1. The van der Waals surface area contributed by atoms with Crippen LogP contribution < -0.4 is 5.73 Å². The van der Waals surface area contributed by atoms with E-state index in [9.17, 15) is 14.4 Å². The van der Waals surface area contributed by atoms with E-state index in [1.165, 1.54) is 25.6 Å². The minimum absolute atomic E-state index is 0.0401. The van der Waals surface area contributed by atoms with Gasteiger partial charge < -0.3 is 10.5 Å². The van der Waals surface area contributed by atoms with Crippen molar-refractivity contribution in [2.24, 2.45) is 17.6 Å². The molecule has 0 amide bonds. The maximum absolute atomic E-state index is 11.8. The molecule has 1 saturated carbocycles. The molecule has 0 aromatic carbocycles. The molecule has 1 rings (SSSR count). The molecular weight excluding hydrogens is 266 g/mol. The van der Waals surface area contributed by atoms with Gasteiger partial charge in [-0.05, 0) is 13.3 Å². The van der Waals surface area contributed by atoms with Crippen LogP contribution in [0.1, 0.15) is 26.7 Å². The maximum Gasteiger partial charge on any atom is 0.302 e. The molecule has 5 nitrogen and oxygen atoms in total. The highest BCUT2D eigenvalue weighted by atomic mass is 32.2. The van der Waals surface area contributed by atoms with Crippen molar-refractivity contribution in [3.63, 3.8) is 0 Å². The molecule has 0 aromatic rings. The minimum Gasteiger partial charge on any atom is -0.466 e. The number of ether oxygens (including phenoxy) is 1. The SMILES string of the molecule is CC(=O)OCC1CCC(=O)C1CSCC(N)C(C)=O. The molecule has 2 N–H and O–H groups in total. The molecule has 1 fully saturated rings. The minimum atomic E-state index is -0.464. The molecule has 1 aliphatic rings. The molecule has 0 heterocycles. The van der Waals surface area contributed by atoms with Crippen molar-refractivity contribution in [3.05, 3.63) is 0 Å². The first-order valence-corrected chi connectivity index (χ1v) is 7.57. The van der Waals surface area contributed by atoms with Gasteiger partial charge >= 0.3 is 5.97 Å². The number of ketones is 2. The number of hydrogen-bond acceptors (Lipinski definition) is 6. The van der Waals surface area contributed by atoms with Gasteiger partial charge in [0.2, 0.25) is 0 Å². The van der Waals surface area contributed by atoms with E-state index in [-0.39, 0.29) is 29.4 Å². The first-order chi connectivity index (χ1) is 8.91. The van der Waals surface area contributed by atoms with Crippen LogP contribution in [0, 0.1) is 11.8 Å². The Morgan fingerprint density at radius 3 is 2.74 bits per heavy atom. The quantitative estimate of drug-likeness (QED) is 0.697. The van der Waals surface area contributed by atoms with Crippen LogP contribution in [0.3, 0.4) is 0 Å². The molecule has 3 atom stereocenters. The van der Waals surface area contributed by atoms with Gasteiger partial charge in [0.1, 0.15) is 11.6 Å². The van der Waals surface area contributed by atoms with Gasteiger partial charge in [-0.3, -0.25) is 14.4 Å². The lowest BCUT2D eigenvalue weighted by Crippen LogP contribution is -2.31. The summed E-state index contributed by atoms with van der Waals surface area (Å²) in [6.45, 7) is 3.15. The fourth-order valence-electron chi connectivity index (χ4n) is 2.07. The molecular formula is C13H21NO4S. The fourth-order valence-corrected chi connectivity index (χ4v) is 3.41. The summed E-state index contributed by atoms with van der Waals surface area (Å²) in [5.74, 6) is 1.07. The standard InChI is InChI=1S/C13H21NO4S/c1-8(15)12(14)7-19-6-11-10(3-4-13(11)17)5-18-9(2)16/h10-12H,3-7,14H2,1-2H3. The van der Waals surface area contributed by atoms with Gasteiger partial charge in [0.25, 0.3) is 0 Å². The smallest absolute Gasteiger partial charge is 0.302 e. The molecule has 0 spiro atoms. The van der Waals surface area contributed by atoms with E-state index in [4.69, 9.17) is 10.5 Å². The molecule has 0 bridgehead atoms. The summed E-state index contributed by atoms with van der Waals surface area (Å²) in [5, 5.41) is 0. The fraction of sp³-hybridized carbons (Fsp3) is 0.769. The van der Waals surface area contributed by atoms with Crippen LogP contribution in [0.25, 0.3) is 0 Å². The van der Waals surface area contributed by atoms with Gasteiger partial charge in [-0.25, -0.2) is 0 Å². The molecule has 108 valence electrons. The first kappa shape index (κ1) is 16.2. The third kappa shape index (κ3) is 5.32. The number of Topliss-reactive ketones (excluding diaryl/α,β-unsaturated/α-hetero) is 2. The first-order valence-electron chi connectivity index (χ1n) is 6.41. The number of esters is 1. The van der Waals surface area contributed by atoms with E-state index in [2.05, 4.69) is 0 Å². The zero-order valence-corrected chi connectivity index (χ0v) is 12.2. The van der Waals surface area contributed by atoms with E-state index in [1.54, 1.807) is 0 Å². The highest BCUT2D eigenvalue weighted by molar-refractivity contribution is 7.99. The van der Waals surface area contributed by atoms with Crippen molar-refractivity contribution >= 4 is 29.3 Å². The molecule has 1 aliphatic carbocycles. The number of carbonyl (C=O) groups excluding carboxylic acids is 3. The Morgan fingerprint density at radius 2 is 2.16 bits per heavy atom. The Balaban J connectivity index is 2.38. The molecule has 0 saturated heterocycles. The van der Waals surface area contributed by atoms with E-state index < -0.39 is 6.04 Å². The molecule has 0 radical (unpaired) electrons. The predicted octanol–water partition coefficient (Wildman–Crippen LogP) is 0.794. The molecule has 0 aromatic heterocycles. The van der Waals surface area contributed by atoms with Crippen LogP contribution in [-0.2, 0) is 19.1 Å². The lowest BCUT2D eigenvalue weighted by atomic mass is 9.98. The van der Waals surface area contributed by atoms with E-state index in [0.29, 0.717) is 24.5 Å². The van der Waals surface area contributed by atoms with Crippen molar-refractivity contribution in [1.29, 1.82) is 0 Å². The van der Waals surface area contributed by atoms with Crippen molar-refractivity contribution in [3.8, 4) is 0 Å². The Labute approximate surface area is 117 Å². The Hall–Kier alpha value is -0.880. The predicted molar refractivity (Wildman–Crippen MR) is 73.8 cm³/mol. The Bertz CT molecular complexity index is 359. The third-order valence-corrected chi connectivity index (χ3v) is 4.55. The zero-order chi connectivity index (χ0) is 14.4. The Kier molecular flexibility index (Phi) is 6.51. The van der Waals surface area contributed by atoms with Gasteiger partial charge in [-0.15, -0.1) is 0 Å². The number of carbonyl (C=O) groups is 3. The number of hydrogen-bond donors (Lipinski definition) is 1. The van der Waals surface area contributed by atoms with Crippen molar-refractivity contribution in [2.45, 2.75) is 32.7 Å². The summed E-state index contributed by atoms with van der Waals surface area (Å²) in [5.41, 5.74) is 5.64. The van der Waals surface area contributed by atoms with Crippen LogP contribution in [0.15, 0.2) is 0 Å². The summed E-state index contributed by atoms with van der Waals surface area (Å²) in [6, 6.07) is -0.464. The van der Waals surface area contributed by atoms with Crippen LogP contribution in [0.2, 0.25) is 0 Å². The number of nitrogens with two attached hydrogens (primary N) is 1. The lowest BCUT2D eigenvalue weighted by molar-refractivity contribution is -0.143. The van der Waals surface area contributed by atoms with Gasteiger partial charge in [-0.2, -0.15) is 11.8 Å². The van der Waals surface area contributed by atoms with Crippen LogP contribution in [0.5, 0.6) is 0 Å². The van der Waals surface area contributed by atoms with Gasteiger partial charge in [0.05, 0.1) is 12.6 Å². The molecule has 19 heavy (non-hydrogen) atoms. The maximum atomic E-state index is 11.8. The van der Waals surface area contributed by atoms with Crippen LogP contribution in [0.4, 0.5) is 0 Å². The lowest BCUT2D eigenvalue weighted by Gasteiger charge is -2.18. The second-order valence-electron chi connectivity index (χ2n) is 4.93. The summed E-state index contributed by atoms with van der Waals surface area (Å²) in [6.07, 6.45) is 1.33.